The lowest BCUT2D eigenvalue weighted by molar-refractivity contribution is -0.138. The number of amides is 3. The van der Waals surface area contributed by atoms with Crippen LogP contribution in [0.4, 0.5) is 0 Å². The number of para-hydroxylation sites is 1. The Kier molecular flexibility index (Phi) is 9.35. The average Bonchev–Trinajstić information content (AvgIpc) is 3.16. The summed E-state index contributed by atoms with van der Waals surface area (Å²) in [6.45, 7) is -0.914. The number of fused-ring (bicyclic) bond motifs is 1. The molecule has 0 spiro atoms. The molecule has 3 amide bonds. The molecule has 2 atom stereocenters. The third-order valence-electron chi connectivity index (χ3n) is 4.56. The highest BCUT2D eigenvalue weighted by Gasteiger charge is 2.23. The van der Waals surface area contributed by atoms with Crippen molar-refractivity contribution in [2.45, 2.75) is 24.9 Å². The fraction of sp³-hybridized carbons (Fsp3) is 0.400. The molecule has 2 aromatic rings. The number of thioether (sulfide) groups is 1. The number of aliphatic carboxylic acids is 1. The van der Waals surface area contributed by atoms with Gasteiger partial charge in [-0.05, 0) is 30.1 Å². The van der Waals surface area contributed by atoms with E-state index in [1.54, 1.807) is 18.0 Å². The predicted octanol–water partition coefficient (Wildman–Crippen LogP) is -0.407. The van der Waals surface area contributed by atoms with Crippen LogP contribution in [0.1, 0.15) is 12.0 Å². The molecule has 2 rings (SSSR count). The number of carbonyl (C=O) groups is 4. The Bertz CT molecular complexity index is 932. The number of aromatic amines is 1. The lowest BCUT2D eigenvalue weighted by Gasteiger charge is -2.18. The summed E-state index contributed by atoms with van der Waals surface area (Å²) in [6, 6.07) is 5.74. The molecule has 10 nitrogen and oxygen atoms in total. The minimum Gasteiger partial charge on any atom is -0.480 e. The van der Waals surface area contributed by atoms with Gasteiger partial charge in [0, 0.05) is 23.5 Å². The Balaban J connectivity index is 2.02. The minimum atomic E-state index is -1.20. The van der Waals surface area contributed by atoms with Gasteiger partial charge in [-0.15, -0.1) is 0 Å². The van der Waals surface area contributed by atoms with Gasteiger partial charge in [-0.25, -0.2) is 0 Å². The standard InChI is InChI=1S/C20H27N5O5S/c1-31-7-6-14(21)19(29)23-10-17(26)25-16(20(30)24-11-18(27)28)8-12-9-22-15-5-3-2-4-13(12)15/h2-5,9,14,16,22H,6-8,10-11,21H2,1H3,(H,23,29)(H,24,30)(H,25,26)(H,27,28). The van der Waals surface area contributed by atoms with Crippen molar-refractivity contribution >= 4 is 46.4 Å². The van der Waals surface area contributed by atoms with Gasteiger partial charge in [-0.3, -0.25) is 19.2 Å². The molecular formula is C20H27N5O5S. The van der Waals surface area contributed by atoms with Crippen LogP contribution < -0.4 is 21.7 Å². The molecule has 1 aromatic carbocycles. The Labute approximate surface area is 183 Å². The maximum atomic E-state index is 12.5. The van der Waals surface area contributed by atoms with Gasteiger partial charge in [0.05, 0.1) is 12.6 Å². The zero-order valence-corrected chi connectivity index (χ0v) is 18.0. The summed E-state index contributed by atoms with van der Waals surface area (Å²) in [6.07, 6.45) is 4.26. The highest BCUT2D eigenvalue weighted by Crippen LogP contribution is 2.19. The van der Waals surface area contributed by atoms with Crippen LogP contribution in [0.25, 0.3) is 10.9 Å². The summed E-state index contributed by atoms with van der Waals surface area (Å²) in [5.41, 5.74) is 7.43. The van der Waals surface area contributed by atoms with Crippen LogP contribution in [0.2, 0.25) is 0 Å². The third-order valence-corrected chi connectivity index (χ3v) is 5.20. The van der Waals surface area contributed by atoms with Crippen molar-refractivity contribution in [2.24, 2.45) is 5.73 Å². The first-order valence-electron chi connectivity index (χ1n) is 9.68. The van der Waals surface area contributed by atoms with E-state index in [2.05, 4.69) is 20.9 Å². The summed E-state index contributed by atoms with van der Waals surface area (Å²) in [7, 11) is 0. The summed E-state index contributed by atoms with van der Waals surface area (Å²) in [4.78, 5) is 50.7. The van der Waals surface area contributed by atoms with Crippen LogP contribution in [-0.2, 0) is 25.6 Å². The second-order valence-corrected chi connectivity index (χ2v) is 7.89. The number of carbonyl (C=O) groups excluding carboxylic acids is 3. The van der Waals surface area contributed by atoms with Crippen molar-refractivity contribution in [2.75, 3.05) is 25.1 Å². The zero-order valence-electron chi connectivity index (χ0n) is 17.1. The largest absolute Gasteiger partial charge is 0.480 e. The van der Waals surface area contributed by atoms with Crippen LogP contribution >= 0.6 is 11.8 Å². The van der Waals surface area contributed by atoms with Gasteiger partial charge in [-0.2, -0.15) is 11.8 Å². The van der Waals surface area contributed by atoms with E-state index in [1.807, 2.05) is 30.5 Å². The molecule has 1 heterocycles. The molecular weight excluding hydrogens is 422 g/mol. The van der Waals surface area contributed by atoms with Gasteiger partial charge in [-0.1, -0.05) is 18.2 Å². The maximum absolute atomic E-state index is 12.5. The van der Waals surface area contributed by atoms with Crippen LogP contribution in [-0.4, -0.2) is 71.0 Å². The second kappa shape index (κ2) is 12.0. The fourth-order valence-corrected chi connectivity index (χ4v) is 3.43. The number of nitrogens with two attached hydrogens (primary N) is 1. The van der Waals surface area contributed by atoms with Gasteiger partial charge < -0.3 is 31.8 Å². The Hall–Kier alpha value is -3.05. The fourth-order valence-electron chi connectivity index (χ4n) is 2.94. The number of carboxylic acids is 1. The first-order valence-corrected chi connectivity index (χ1v) is 11.1. The van der Waals surface area contributed by atoms with Crippen molar-refractivity contribution < 1.29 is 24.3 Å². The molecule has 0 saturated carbocycles. The number of hydrogen-bond acceptors (Lipinski definition) is 6. The van der Waals surface area contributed by atoms with Gasteiger partial charge in [0.1, 0.15) is 12.6 Å². The molecule has 2 unspecified atom stereocenters. The quantitative estimate of drug-likeness (QED) is 0.256. The van der Waals surface area contributed by atoms with Crippen molar-refractivity contribution in [1.82, 2.24) is 20.9 Å². The van der Waals surface area contributed by atoms with Crippen LogP contribution in [0.5, 0.6) is 0 Å². The number of hydrogen-bond donors (Lipinski definition) is 6. The number of rotatable bonds is 12. The molecule has 31 heavy (non-hydrogen) atoms. The smallest absolute Gasteiger partial charge is 0.322 e. The van der Waals surface area contributed by atoms with E-state index in [9.17, 15) is 19.2 Å². The number of carboxylic acid groups (broad SMARTS) is 1. The third kappa shape index (κ3) is 7.61. The monoisotopic (exact) mass is 449 g/mol. The van der Waals surface area contributed by atoms with E-state index < -0.39 is 42.3 Å². The molecule has 0 aliphatic carbocycles. The zero-order chi connectivity index (χ0) is 22.8. The van der Waals surface area contributed by atoms with Gasteiger partial charge >= 0.3 is 5.97 Å². The Morgan fingerprint density at radius 3 is 2.55 bits per heavy atom. The van der Waals surface area contributed by atoms with E-state index in [0.717, 1.165) is 22.2 Å². The Morgan fingerprint density at radius 2 is 1.84 bits per heavy atom. The van der Waals surface area contributed by atoms with Crippen LogP contribution in [0.15, 0.2) is 30.5 Å². The molecule has 0 bridgehead atoms. The van der Waals surface area contributed by atoms with Crippen molar-refractivity contribution in [3.8, 4) is 0 Å². The second-order valence-electron chi connectivity index (χ2n) is 6.90. The summed E-state index contributed by atoms with van der Waals surface area (Å²) in [5, 5.41) is 17.0. The van der Waals surface area contributed by atoms with E-state index >= 15 is 0 Å². The van der Waals surface area contributed by atoms with Crippen LogP contribution in [0.3, 0.4) is 0 Å². The van der Waals surface area contributed by atoms with E-state index in [0.29, 0.717) is 6.42 Å². The van der Waals surface area contributed by atoms with Gasteiger partial charge in [0.25, 0.3) is 0 Å². The molecule has 0 saturated heterocycles. The van der Waals surface area contributed by atoms with Crippen molar-refractivity contribution in [3.63, 3.8) is 0 Å². The van der Waals surface area contributed by atoms with E-state index in [4.69, 9.17) is 10.8 Å². The summed E-state index contributed by atoms with van der Waals surface area (Å²) < 4.78 is 0. The van der Waals surface area contributed by atoms with E-state index in [-0.39, 0.29) is 13.0 Å². The molecule has 11 heteroatoms. The lowest BCUT2D eigenvalue weighted by Crippen LogP contribution is -2.52. The highest BCUT2D eigenvalue weighted by atomic mass is 32.2. The van der Waals surface area contributed by atoms with Crippen molar-refractivity contribution in [1.29, 1.82) is 0 Å². The topological polar surface area (TPSA) is 166 Å². The lowest BCUT2D eigenvalue weighted by atomic mass is 10.0. The number of nitrogens with one attached hydrogen (secondary N) is 4. The number of H-pyrrole nitrogens is 1. The normalized spacial score (nSPS) is 12.7. The molecule has 168 valence electrons. The van der Waals surface area contributed by atoms with Crippen molar-refractivity contribution in [3.05, 3.63) is 36.0 Å². The highest BCUT2D eigenvalue weighted by molar-refractivity contribution is 7.98. The SMILES string of the molecule is CSCCC(N)C(=O)NCC(=O)NC(Cc1c[nH]c2ccccc12)C(=O)NCC(=O)O. The van der Waals surface area contributed by atoms with Gasteiger partial charge in [0.15, 0.2) is 0 Å². The molecule has 0 aliphatic rings. The van der Waals surface area contributed by atoms with E-state index in [1.165, 1.54) is 0 Å². The average molecular weight is 450 g/mol. The first kappa shape index (κ1) is 24.2. The molecule has 1 aromatic heterocycles. The summed E-state index contributed by atoms with van der Waals surface area (Å²) >= 11 is 1.56. The maximum Gasteiger partial charge on any atom is 0.322 e. The number of aromatic nitrogens is 1. The van der Waals surface area contributed by atoms with Crippen LogP contribution in [0, 0.1) is 0 Å². The molecule has 0 fully saturated rings. The summed E-state index contributed by atoms with van der Waals surface area (Å²) in [5.74, 6) is -2.15. The Morgan fingerprint density at radius 1 is 1.13 bits per heavy atom. The number of benzene rings is 1. The molecule has 7 N–H and O–H groups in total. The molecule has 0 radical (unpaired) electrons. The molecule has 0 aliphatic heterocycles. The predicted molar refractivity (Wildman–Crippen MR) is 119 cm³/mol. The minimum absolute atomic E-state index is 0.141. The van der Waals surface area contributed by atoms with Gasteiger partial charge in [0.2, 0.25) is 17.7 Å². The first-order chi connectivity index (χ1) is 14.8.